The lowest BCUT2D eigenvalue weighted by molar-refractivity contribution is -0.109. The molecule has 182 valence electrons. The highest BCUT2D eigenvalue weighted by Crippen LogP contribution is 2.35. The van der Waals surface area contributed by atoms with Crippen molar-refractivity contribution >= 4 is 36.1 Å². The Morgan fingerprint density at radius 1 is 0.750 bits per heavy atom. The summed E-state index contributed by atoms with van der Waals surface area (Å²) < 4.78 is 6.24. The summed E-state index contributed by atoms with van der Waals surface area (Å²) in [7, 11) is -0.962. The number of benzene rings is 4. The lowest BCUT2D eigenvalue weighted by atomic mass is 9.86. The van der Waals surface area contributed by atoms with Gasteiger partial charge in [-0.15, -0.1) is 0 Å². The third kappa shape index (κ3) is 5.98. The van der Waals surface area contributed by atoms with Crippen LogP contribution in [-0.2, 0) is 9.53 Å². The molecule has 0 aliphatic carbocycles. The molecule has 0 fully saturated rings. The Hall–Kier alpha value is -3.55. The van der Waals surface area contributed by atoms with Crippen molar-refractivity contribution in [2.75, 3.05) is 0 Å². The quantitative estimate of drug-likeness (QED) is 0.154. The summed E-state index contributed by atoms with van der Waals surface area (Å²) >= 11 is 0. The van der Waals surface area contributed by atoms with E-state index in [2.05, 4.69) is 31.2 Å². The summed E-state index contributed by atoms with van der Waals surface area (Å²) in [4.78, 5) is 25.1. The van der Waals surface area contributed by atoms with Crippen molar-refractivity contribution in [3.8, 4) is 0 Å². The first kappa shape index (κ1) is 25.5. The molecule has 4 heteroatoms. The van der Waals surface area contributed by atoms with Crippen molar-refractivity contribution in [1.82, 2.24) is 0 Å². The van der Waals surface area contributed by atoms with Crippen LogP contribution in [0.5, 0.6) is 0 Å². The Morgan fingerprint density at radius 3 is 1.81 bits per heavy atom. The molecule has 0 bridgehead atoms. The number of rotatable bonds is 10. The fraction of sp³-hybridized carbons (Fsp3) is 0.188. The first-order valence-corrected chi connectivity index (χ1v) is 13.6. The zero-order valence-corrected chi connectivity index (χ0v) is 21.6. The van der Waals surface area contributed by atoms with E-state index in [-0.39, 0.29) is 17.8 Å². The molecule has 3 nitrogen and oxygen atoms in total. The number of ether oxygens (including phenoxy) is 1. The van der Waals surface area contributed by atoms with Crippen molar-refractivity contribution in [3.05, 3.63) is 126 Å². The van der Waals surface area contributed by atoms with Crippen LogP contribution in [0.15, 0.2) is 115 Å². The zero-order valence-electron chi connectivity index (χ0n) is 20.7. The standard InChI is InChI=1S/C32H31O3P/c1-24(22-23-33)31(25(2)26-14-6-3-7-15-26)35-32(34)29-20-12-13-21-30(29)36(27-16-8-4-9-17-27)28-18-10-5-11-19-28/h3-21,23-25,31H,22H2,1-2H3/t24-,25-,31+/m1/s1. The monoisotopic (exact) mass is 494 g/mol. The Morgan fingerprint density at radius 2 is 1.25 bits per heavy atom. The van der Waals surface area contributed by atoms with Crippen LogP contribution >= 0.6 is 7.92 Å². The second-order valence-corrected chi connectivity index (χ2v) is 11.2. The molecule has 0 saturated carbocycles. The number of carbonyl (C=O) groups is 2. The molecule has 0 radical (unpaired) electrons. The van der Waals surface area contributed by atoms with E-state index in [1.165, 1.54) is 10.6 Å². The average Bonchev–Trinajstić information content (AvgIpc) is 2.93. The number of esters is 1. The predicted octanol–water partition coefficient (Wildman–Crippen LogP) is 6.00. The molecule has 3 atom stereocenters. The fourth-order valence-corrected chi connectivity index (χ4v) is 6.99. The van der Waals surface area contributed by atoms with Crippen molar-refractivity contribution in [2.24, 2.45) is 5.92 Å². The molecule has 0 heterocycles. The van der Waals surface area contributed by atoms with Crippen molar-refractivity contribution in [2.45, 2.75) is 32.3 Å². The van der Waals surface area contributed by atoms with Gasteiger partial charge in [0.05, 0.1) is 5.56 Å². The topological polar surface area (TPSA) is 43.4 Å². The third-order valence-electron chi connectivity index (χ3n) is 6.48. The average molecular weight is 495 g/mol. The number of hydrogen-bond acceptors (Lipinski definition) is 3. The molecular formula is C32H31O3P. The first-order chi connectivity index (χ1) is 17.6. The molecule has 36 heavy (non-hydrogen) atoms. The maximum Gasteiger partial charge on any atom is 0.339 e. The maximum absolute atomic E-state index is 13.8. The van der Waals surface area contributed by atoms with Gasteiger partial charge in [-0.2, -0.15) is 0 Å². The summed E-state index contributed by atoms with van der Waals surface area (Å²) in [5.74, 6) is -0.518. The first-order valence-electron chi connectivity index (χ1n) is 12.3. The molecular weight excluding hydrogens is 463 g/mol. The summed E-state index contributed by atoms with van der Waals surface area (Å²) in [6.45, 7) is 4.03. The van der Waals surface area contributed by atoms with Gasteiger partial charge in [-0.25, -0.2) is 4.79 Å². The SMILES string of the molecule is C[C@H](CC=O)[C@H](OC(=O)c1ccccc1P(c1ccccc1)c1ccccc1)[C@H](C)c1ccccc1. The van der Waals surface area contributed by atoms with Crippen LogP contribution in [0.4, 0.5) is 0 Å². The van der Waals surface area contributed by atoms with Gasteiger partial charge in [-0.1, -0.05) is 123 Å². The highest BCUT2D eigenvalue weighted by atomic mass is 31.1. The largest absolute Gasteiger partial charge is 0.458 e. The Balaban J connectivity index is 1.72. The van der Waals surface area contributed by atoms with Crippen LogP contribution in [0.2, 0.25) is 0 Å². The van der Waals surface area contributed by atoms with Crippen LogP contribution in [0, 0.1) is 5.92 Å². The Bertz CT molecular complexity index is 1220. The molecule has 0 aliphatic heterocycles. The van der Waals surface area contributed by atoms with Gasteiger partial charge in [0, 0.05) is 18.3 Å². The molecule has 4 aromatic rings. The van der Waals surface area contributed by atoms with E-state index < -0.39 is 14.0 Å². The molecule has 0 aromatic heterocycles. The minimum absolute atomic E-state index is 0.0537. The van der Waals surface area contributed by atoms with Crippen LogP contribution in [-0.4, -0.2) is 18.4 Å². The summed E-state index contributed by atoms with van der Waals surface area (Å²) in [6.07, 6.45) is 0.802. The highest BCUT2D eigenvalue weighted by Gasteiger charge is 2.31. The maximum atomic E-state index is 13.8. The van der Waals surface area contributed by atoms with E-state index in [1.54, 1.807) is 0 Å². The summed E-state index contributed by atoms with van der Waals surface area (Å²) in [6, 6.07) is 38.4. The molecule has 0 N–H and O–H groups in total. The predicted molar refractivity (Wildman–Crippen MR) is 149 cm³/mol. The van der Waals surface area contributed by atoms with Crippen molar-refractivity contribution in [3.63, 3.8) is 0 Å². The molecule has 0 amide bonds. The van der Waals surface area contributed by atoms with Gasteiger partial charge in [0.1, 0.15) is 12.4 Å². The van der Waals surface area contributed by atoms with Crippen LogP contribution < -0.4 is 15.9 Å². The molecule has 0 unspecified atom stereocenters. The van der Waals surface area contributed by atoms with E-state index >= 15 is 0 Å². The van der Waals surface area contributed by atoms with Crippen LogP contribution in [0.25, 0.3) is 0 Å². The van der Waals surface area contributed by atoms with E-state index in [1.807, 2.05) is 97.9 Å². The van der Waals surface area contributed by atoms with E-state index in [9.17, 15) is 9.59 Å². The molecule has 0 aliphatic rings. The highest BCUT2D eigenvalue weighted by molar-refractivity contribution is 7.80. The molecule has 4 aromatic carbocycles. The number of aldehydes is 1. The van der Waals surface area contributed by atoms with Gasteiger partial charge in [0.2, 0.25) is 0 Å². The summed E-state index contributed by atoms with van der Waals surface area (Å²) in [5.41, 5.74) is 1.65. The Labute approximate surface area is 214 Å². The van der Waals surface area contributed by atoms with Gasteiger partial charge in [0.15, 0.2) is 0 Å². The normalized spacial score (nSPS) is 13.5. The van der Waals surface area contributed by atoms with E-state index in [4.69, 9.17) is 4.74 Å². The third-order valence-corrected chi connectivity index (χ3v) is 8.98. The lowest BCUT2D eigenvalue weighted by Crippen LogP contribution is -2.33. The van der Waals surface area contributed by atoms with Crippen LogP contribution in [0.1, 0.15) is 42.1 Å². The lowest BCUT2D eigenvalue weighted by Gasteiger charge is -2.30. The van der Waals surface area contributed by atoms with Gasteiger partial charge >= 0.3 is 5.97 Å². The smallest absolute Gasteiger partial charge is 0.339 e. The minimum atomic E-state index is -0.962. The second-order valence-electron chi connectivity index (χ2n) is 8.97. The fourth-order valence-electron chi connectivity index (χ4n) is 4.55. The van der Waals surface area contributed by atoms with Gasteiger partial charge < -0.3 is 9.53 Å². The van der Waals surface area contributed by atoms with E-state index in [0.717, 1.165) is 17.2 Å². The van der Waals surface area contributed by atoms with Crippen molar-refractivity contribution < 1.29 is 14.3 Å². The van der Waals surface area contributed by atoms with Gasteiger partial charge in [-0.3, -0.25) is 0 Å². The molecule has 0 saturated heterocycles. The zero-order chi connectivity index (χ0) is 25.3. The van der Waals surface area contributed by atoms with Gasteiger partial charge in [-0.05, 0) is 35.5 Å². The molecule has 0 spiro atoms. The number of carbonyl (C=O) groups excluding carboxylic acids is 2. The van der Waals surface area contributed by atoms with Crippen LogP contribution in [0.3, 0.4) is 0 Å². The number of hydrogen-bond donors (Lipinski definition) is 0. The van der Waals surface area contributed by atoms with Crippen molar-refractivity contribution in [1.29, 1.82) is 0 Å². The summed E-state index contributed by atoms with van der Waals surface area (Å²) in [5, 5.41) is 3.30. The molecule has 4 rings (SSSR count). The minimum Gasteiger partial charge on any atom is -0.458 e. The van der Waals surface area contributed by atoms with E-state index in [0.29, 0.717) is 12.0 Å². The second kappa shape index (κ2) is 12.4. The Kier molecular flexibility index (Phi) is 8.81. The van der Waals surface area contributed by atoms with Gasteiger partial charge in [0.25, 0.3) is 0 Å².